The van der Waals surface area contributed by atoms with Gasteiger partial charge in [-0.1, -0.05) is 33.8 Å². The van der Waals surface area contributed by atoms with Crippen LogP contribution < -0.4 is 4.90 Å². The molecule has 0 aromatic heterocycles. The Morgan fingerprint density at radius 3 is 2.57 bits per heavy atom. The molecular formula is C18H29FN2. The van der Waals surface area contributed by atoms with Crippen LogP contribution in [0.3, 0.4) is 0 Å². The molecule has 2 fully saturated rings. The lowest BCUT2D eigenvalue weighted by Gasteiger charge is -2.39. The zero-order chi connectivity index (χ0) is 15.4. The molecule has 0 saturated carbocycles. The quantitative estimate of drug-likeness (QED) is 0.803. The SMILES string of the molecule is CC.CC(C)c1ccc(N2CCN3CCCC3C2)c(F)c1. The van der Waals surface area contributed by atoms with E-state index in [9.17, 15) is 4.39 Å². The molecule has 1 unspecified atom stereocenters. The zero-order valence-corrected chi connectivity index (χ0v) is 13.9. The van der Waals surface area contributed by atoms with E-state index in [1.165, 1.54) is 19.4 Å². The number of benzene rings is 1. The van der Waals surface area contributed by atoms with Crippen LogP contribution in [-0.4, -0.2) is 37.1 Å². The maximum absolute atomic E-state index is 14.3. The molecule has 3 heteroatoms. The van der Waals surface area contributed by atoms with Crippen LogP contribution in [0.4, 0.5) is 10.1 Å². The van der Waals surface area contributed by atoms with Gasteiger partial charge in [0.2, 0.25) is 0 Å². The molecule has 1 aromatic carbocycles. The largest absolute Gasteiger partial charge is 0.366 e. The lowest BCUT2D eigenvalue weighted by Crippen LogP contribution is -2.50. The van der Waals surface area contributed by atoms with Gasteiger partial charge in [0.05, 0.1) is 5.69 Å². The first-order chi connectivity index (χ1) is 10.1. The lowest BCUT2D eigenvalue weighted by atomic mass is 10.0. The molecule has 2 heterocycles. The highest BCUT2D eigenvalue weighted by molar-refractivity contribution is 5.50. The highest BCUT2D eigenvalue weighted by atomic mass is 19.1. The minimum atomic E-state index is -0.0577. The third kappa shape index (κ3) is 3.57. The second kappa shape index (κ2) is 7.26. The molecule has 0 bridgehead atoms. The molecule has 0 spiro atoms. The number of rotatable bonds is 2. The van der Waals surface area contributed by atoms with Crippen molar-refractivity contribution >= 4 is 5.69 Å². The van der Waals surface area contributed by atoms with Gasteiger partial charge in [-0.3, -0.25) is 4.90 Å². The molecule has 2 saturated heterocycles. The van der Waals surface area contributed by atoms with Gasteiger partial charge in [0.25, 0.3) is 0 Å². The number of hydrogen-bond donors (Lipinski definition) is 0. The third-order valence-electron chi connectivity index (χ3n) is 4.57. The summed E-state index contributed by atoms with van der Waals surface area (Å²) in [4.78, 5) is 4.78. The molecule has 2 nitrogen and oxygen atoms in total. The molecular weight excluding hydrogens is 263 g/mol. The molecule has 118 valence electrons. The summed E-state index contributed by atoms with van der Waals surface area (Å²) >= 11 is 0. The second-order valence-electron chi connectivity index (χ2n) is 6.14. The third-order valence-corrected chi connectivity index (χ3v) is 4.57. The van der Waals surface area contributed by atoms with Crippen LogP contribution in [-0.2, 0) is 0 Å². The number of nitrogens with zero attached hydrogens (tertiary/aromatic N) is 2. The minimum absolute atomic E-state index is 0.0577. The van der Waals surface area contributed by atoms with Crippen LogP contribution in [0, 0.1) is 5.82 Å². The molecule has 2 aliphatic rings. The van der Waals surface area contributed by atoms with Gasteiger partial charge in [-0.05, 0) is 43.0 Å². The van der Waals surface area contributed by atoms with Crippen LogP contribution in [0.25, 0.3) is 0 Å². The fraction of sp³-hybridized carbons (Fsp3) is 0.667. The van der Waals surface area contributed by atoms with E-state index in [0.717, 1.165) is 30.9 Å². The number of piperazine rings is 1. The van der Waals surface area contributed by atoms with Crippen molar-refractivity contribution in [1.29, 1.82) is 0 Å². The van der Waals surface area contributed by atoms with Crippen molar-refractivity contribution in [3.8, 4) is 0 Å². The highest BCUT2D eigenvalue weighted by Crippen LogP contribution is 2.28. The molecule has 0 radical (unpaired) electrons. The Morgan fingerprint density at radius 1 is 1.14 bits per heavy atom. The van der Waals surface area contributed by atoms with E-state index in [-0.39, 0.29) is 5.82 Å². The summed E-state index contributed by atoms with van der Waals surface area (Å²) in [6.45, 7) is 12.5. The summed E-state index contributed by atoms with van der Waals surface area (Å²) in [7, 11) is 0. The van der Waals surface area contributed by atoms with Crippen molar-refractivity contribution in [3.63, 3.8) is 0 Å². The maximum atomic E-state index is 14.3. The van der Waals surface area contributed by atoms with Crippen molar-refractivity contribution in [2.75, 3.05) is 31.1 Å². The minimum Gasteiger partial charge on any atom is -0.366 e. The van der Waals surface area contributed by atoms with Gasteiger partial charge >= 0.3 is 0 Å². The van der Waals surface area contributed by atoms with Crippen molar-refractivity contribution in [2.24, 2.45) is 0 Å². The topological polar surface area (TPSA) is 6.48 Å². The average Bonchev–Trinajstić information content (AvgIpc) is 2.96. The van der Waals surface area contributed by atoms with Crippen LogP contribution in [0.5, 0.6) is 0 Å². The fourth-order valence-electron chi connectivity index (χ4n) is 3.35. The molecule has 0 N–H and O–H groups in total. The first kappa shape index (κ1) is 16.3. The van der Waals surface area contributed by atoms with E-state index in [4.69, 9.17) is 0 Å². The van der Waals surface area contributed by atoms with Gasteiger partial charge in [0, 0.05) is 25.7 Å². The highest BCUT2D eigenvalue weighted by Gasteiger charge is 2.31. The number of hydrogen-bond acceptors (Lipinski definition) is 2. The molecule has 1 aromatic rings. The van der Waals surface area contributed by atoms with Crippen LogP contribution in [0.1, 0.15) is 52.0 Å². The second-order valence-corrected chi connectivity index (χ2v) is 6.14. The standard InChI is InChI=1S/C16H23FN2.C2H6/c1-12(2)13-5-6-16(15(17)10-13)19-9-8-18-7-3-4-14(18)11-19;1-2/h5-6,10,12,14H,3-4,7-9,11H2,1-2H3;1-2H3. The van der Waals surface area contributed by atoms with E-state index in [0.29, 0.717) is 12.0 Å². The maximum Gasteiger partial charge on any atom is 0.146 e. The van der Waals surface area contributed by atoms with E-state index in [2.05, 4.69) is 29.7 Å². The lowest BCUT2D eigenvalue weighted by molar-refractivity contribution is 0.230. The summed E-state index contributed by atoms with van der Waals surface area (Å²) in [5, 5.41) is 0. The Balaban J connectivity index is 0.000000774. The smallest absolute Gasteiger partial charge is 0.146 e. The Bertz CT molecular complexity index is 459. The first-order valence-electron chi connectivity index (χ1n) is 8.43. The summed E-state index contributed by atoms with van der Waals surface area (Å²) in [5.74, 6) is 0.327. The predicted molar refractivity (Wildman–Crippen MR) is 88.6 cm³/mol. The van der Waals surface area contributed by atoms with Gasteiger partial charge in [0.15, 0.2) is 0 Å². The summed E-state index contributed by atoms with van der Waals surface area (Å²) in [6.07, 6.45) is 2.56. The fourth-order valence-corrected chi connectivity index (χ4v) is 3.35. The summed E-state index contributed by atoms with van der Waals surface area (Å²) in [6, 6.07) is 6.39. The molecule has 2 aliphatic heterocycles. The van der Waals surface area contributed by atoms with Gasteiger partial charge in [-0.25, -0.2) is 4.39 Å². The number of halogens is 1. The Kier molecular flexibility index (Phi) is 5.63. The normalized spacial score (nSPS) is 22.0. The van der Waals surface area contributed by atoms with Gasteiger partial charge in [0.1, 0.15) is 5.82 Å². The molecule has 0 amide bonds. The van der Waals surface area contributed by atoms with Crippen molar-refractivity contribution in [3.05, 3.63) is 29.6 Å². The summed E-state index contributed by atoms with van der Waals surface area (Å²) in [5.41, 5.74) is 1.87. The van der Waals surface area contributed by atoms with Crippen LogP contribution >= 0.6 is 0 Å². The monoisotopic (exact) mass is 292 g/mol. The van der Waals surface area contributed by atoms with Gasteiger partial charge < -0.3 is 4.90 Å². The Hall–Kier alpha value is -1.09. The zero-order valence-electron chi connectivity index (χ0n) is 13.9. The van der Waals surface area contributed by atoms with E-state index in [1.807, 2.05) is 19.9 Å². The predicted octanol–water partition coefficient (Wildman–Crippen LogP) is 4.26. The number of anilines is 1. The van der Waals surface area contributed by atoms with Crippen molar-refractivity contribution in [1.82, 2.24) is 4.90 Å². The van der Waals surface area contributed by atoms with Crippen molar-refractivity contribution in [2.45, 2.75) is 52.5 Å². The molecule has 21 heavy (non-hydrogen) atoms. The summed E-state index contributed by atoms with van der Waals surface area (Å²) < 4.78 is 14.3. The van der Waals surface area contributed by atoms with Gasteiger partial charge in [-0.2, -0.15) is 0 Å². The molecule has 1 atom stereocenters. The van der Waals surface area contributed by atoms with Crippen LogP contribution in [0.15, 0.2) is 18.2 Å². The van der Waals surface area contributed by atoms with E-state index in [1.54, 1.807) is 6.07 Å². The van der Waals surface area contributed by atoms with E-state index >= 15 is 0 Å². The average molecular weight is 292 g/mol. The van der Waals surface area contributed by atoms with Gasteiger partial charge in [-0.15, -0.1) is 0 Å². The Labute approximate surface area is 128 Å². The van der Waals surface area contributed by atoms with E-state index < -0.39 is 0 Å². The number of fused-ring (bicyclic) bond motifs is 1. The van der Waals surface area contributed by atoms with Crippen LogP contribution in [0.2, 0.25) is 0 Å². The Morgan fingerprint density at radius 2 is 1.90 bits per heavy atom. The first-order valence-corrected chi connectivity index (χ1v) is 8.43. The molecule has 3 rings (SSSR count). The van der Waals surface area contributed by atoms with Crippen molar-refractivity contribution < 1.29 is 4.39 Å². The molecule has 0 aliphatic carbocycles.